The molecule has 0 unspecified atom stereocenters. The third-order valence-electron chi connectivity index (χ3n) is 4.28. The number of anilines is 1. The lowest BCUT2D eigenvalue weighted by molar-refractivity contribution is -0.141. The third kappa shape index (κ3) is 4.44. The van der Waals surface area contributed by atoms with Gasteiger partial charge < -0.3 is 14.8 Å². The lowest BCUT2D eigenvalue weighted by atomic mass is 9.99. The number of pyridine rings is 1. The monoisotopic (exact) mass is 320 g/mol. The molecule has 1 atom stereocenters. The first-order valence-electron chi connectivity index (χ1n) is 8.56. The Hall–Kier alpha value is -1.62. The number of nitrogens with one attached hydrogen (secondary N) is 1. The van der Waals surface area contributed by atoms with Crippen LogP contribution in [-0.4, -0.2) is 29.7 Å². The largest absolute Gasteiger partial charge is 0.477 e. The third-order valence-corrected chi connectivity index (χ3v) is 4.28. The van der Waals surface area contributed by atoms with Gasteiger partial charge in [-0.1, -0.05) is 13.3 Å². The predicted octanol–water partition coefficient (Wildman–Crippen LogP) is 3.71. The summed E-state index contributed by atoms with van der Waals surface area (Å²) < 4.78 is 11.4. The molecule has 1 aliphatic carbocycles. The average molecular weight is 320 g/mol. The van der Waals surface area contributed by atoms with Crippen LogP contribution in [0.3, 0.4) is 0 Å². The summed E-state index contributed by atoms with van der Waals surface area (Å²) in [6, 6.07) is 1.89. The summed E-state index contributed by atoms with van der Waals surface area (Å²) in [6.45, 7) is 9.06. The first kappa shape index (κ1) is 17.7. The zero-order valence-corrected chi connectivity index (χ0v) is 14.6. The Morgan fingerprint density at radius 2 is 2.17 bits per heavy atom. The molecule has 5 nitrogen and oxygen atoms in total. The first-order chi connectivity index (χ1) is 11.0. The summed E-state index contributed by atoms with van der Waals surface area (Å²) in [4.78, 5) is 16.9. The van der Waals surface area contributed by atoms with Gasteiger partial charge in [0.1, 0.15) is 5.60 Å². The number of nitrogens with zero attached hydrogens (tertiary/aromatic N) is 1. The molecule has 1 aromatic rings. The van der Waals surface area contributed by atoms with Crippen molar-refractivity contribution in [2.24, 2.45) is 5.92 Å². The van der Waals surface area contributed by atoms with E-state index in [0.29, 0.717) is 30.7 Å². The minimum atomic E-state index is -0.751. The molecule has 1 amide bonds. The van der Waals surface area contributed by atoms with Crippen LogP contribution in [0.25, 0.3) is 0 Å². The fourth-order valence-electron chi connectivity index (χ4n) is 2.65. The Morgan fingerprint density at radius 3 is 2.74 bits per heavy atom. The summed E-state index contributed by atoms with van der Waals surface area (Å²) in [5.41, 5.74) is 0.851. The van der Waals surface area contributed by atoms with Gasteiger partial charge in [-0.05, 0) is 52.0 Å². The van der Waals surface area contributed by atoms with Crippen LogP contribution in [0.15, 0.2) is 12.3 Å². The normalized spacial score (nSPS) is 16.7. The highest BCUT2D eigenvalue weighted by Gasteiger charge is 2.48. The van der Waals surface area contributed by atoms with Crippen LogP contribution < -0.4 is 10.1 Å². The number of carbonyl (C=O) groups is 1. The molecule has 1 heterocycles. The van der Waals surface area contributed by atoms with E-state index < -0.39 is 5.60 Å². The van der Waals surface area contributed by atoms with Crippen molar-refractivity contribution < 1.29 is 14.3 Å². The molecule has 0 aliphatic heterocycles. The van der Waals surface area contributed by atoms with E-state index in [1.54, 1.807) is 6.20 Å². The van der Waals surface area contributed by atoms with Crippen molar-refractivity contribution in [3.63, 3.8) is 0 Å². The number of ether oxygens (including phenoxy) is 2. The van der Waals surface area contributed by atoms with E-state index in [9.17, 15) is 4.79 Å². The molecular formula is C18H28N2O3. The van der Waals surface area contributed by atoms with E-state index in [2.05, 4.69) is 17.2 Å². The van der Waals surface area contributed by atoms with Crippen LogP contribution >= 0.6 is 0 Å². The molecule has 0 bridgehead atoms. The Bertz CT molecular complexity index is 543. The standard InChI is InChI=1S/C18H28N2O3/c1-5-7-10-22-16-13(3)11-15(12-19-16)20-17(21)18(4,23-6-2)14-8-9-14/h11-12,14H,5-10H2,1-4H3,(H,20,21)/t18-/m1/s1. The molecule has 0 spiro atoms. The SMILES string of the molecule is CCCCOc1ncc(NC(=O)[C@](C)(OCC)C2CC2)cc1C. The fraction of sp³-hybridized carbons (Fsp3) is 0.667. The van der Waals surface area contributed by atoms with Crippen LogP contribution in [0.2, 0.25) is 0 Å². The van der Waals surface area contributed by atoms with Crippen LogP contribution in [0.5, 0.6) is 5.88 Å². The minimum Gasteiger partial charge on any atom is -0.477 e. The highest BCUT2D eigenvalue weighted by molar-refractivity contribution is 5.97. The summed E-state index contributed by atoms with van der Waals surface area (Å²) in [7, 11) is 0. The van der Waals surface area contributed by atoms with Crippen molar-refractivity contribution in [1.29, 1.82) is 0 Å². The maximum atomic E-state index is 12.6. The molecule has 1 aromatic heterocycles. The Balaban J connectivity index is 2.01. The minimum absolute atomic E-state index is 0.0947. The van der Waals surface area contributed by atoms with Gasteiger partial charge in [-0.3, -0.25) is 4.79 Å². The summed E-state index contributed by atoms with van der Waals surface area (Å²) in [6.07, 6.45) is 5.83. The Kier molecular flexibility index (Phi) is 5.99. The summed E-state index contributed by atoms with van der Waals surface area (Å²) >= 11 is 0. The van der Waals surface area contributed by atoms with Crippen molar-refractivity contribution in [2.45, 2.75) is 59.0 Å². The van der Waals surface area contributed by atoms with Gasteiger partial charge in [0.05, 0.1) is 18.5 Å². The molecule has 128 valence electrons. The van der Waals surface area contributed by atoms with Gasteiger partial charge in [-0.25, -0.2) is 4.98 Å². The molecule has 1 fully saturated rings. The summed E-state index contributed by atoms with van der Waals surface area (Å²) in [5.74, 6) is 0.849. The van der Waals surface area contributed by atoms with Gasteiger partial charge in [-0.2, -0.15) is 0 Å². The molecule has 1 saturated carbocycles. The zero-order chi connectivity index (χ0) is 16.9. The number of amides is 1. The molecule has 5 heteroatoms. The van der Waals surface area contributed by atoms with Crippen molar-refractivity contribution in [3.8, 4) is 5.88 Å². The topological polar surface area (TPSA) is 60.5 Å². The van der Waals surface area contributed by atoms with E-state index in [4.69, 9.17) is 9.47 Å². The molecule has 1 aliphatic rings. The second-order valence-corrected chi connectivity index (χ2v) is 6.32. The molecule has 0 aromatic carbocycles. The van der Waals surface area contributed by atoms with Gasteiger partial charge in [0.15, 0.2) is 0 Å². The second kappa shape index (κ2) is 7.77. The number of carbonyl (C=O) groups excluding carboxylic acids is 1. The van der Waals surface area contributed by atoms with Gasteiger partial charge >= 0.3 is 0 Å². The van der Waals surface area contributed by atoms with E-state index in [0.717, 1.165) is 31.2 Å². The van der Waals surface area contributed by atoms with E-state index in [1.807, 2.05) is 26.8 Å². The number of aryl methyl sites for hydroxylation is 1. The van der Waals surface area contributed by atoms with Gasteiger partial charge in [0, 0.05) is 12.2 Å². The lowest BCUT2D eigenvalue weighted by Gasteiger charge is -2.28. The second-order valence-electron chi connectivity index (χ2n) is 6.32. The number of aromatic nitrogens is 1. The quantitative estimate of drug-likeness (QED) is 0.705. The number of hydrogen-bond donors (Lipinski definition) is 1. The smallest absolute Gasteiger partial charge is 0.256 e. The van der Waals surface area contributed by atoms with Crippen molar-refractivity contribution in [1.82, 2.24) is 4.98 Å². The Morgan fingerprint density at radius 1 is 1.43 bits per heavy atom. The number of hydrogen-bond acceptors (Lipinski definition) is 4. The maximum Gasteiger partial charge on any atom is 0.256 e. The van der Waals surface area contributed by atoms with Crippen molar-refractivity contribution in [2.75, 3.05) is 18.5 Å². The highest BCUT2D eigenvalue weighted by Crippen LogP contribution is 2.42. The fourth-order valence-corrected chi connectivity index (χ4v) is 2.65. The molecule has 23 heavy (non-hydrogen) atoms. The molecule has 0 radical (unpaired) electrons. The van der Waals surface area contributed by atoms with Crippen LogP contribution in [0.1, 0.15) is 52.0 Å². The van der Waals surface area contributed by atoms with Crippen LogP contribution in [-0.2, 0) is 9.53 Å². The first-order valence-corrected chi connectivity index (χ1v) is 8.56. The molecular weight excluding hydrogens is 292 g/mol. The number of rotatable bonds is 9. The van der Waals surface area contributed by atoms with Gasteiger partial charge in [-0.15, -0.1) is 0 Å². The van der Waals surface area contributed by atoms with Gasteiger partial charge in [0.2, 0.25) is 5.88 Å². The van der Waals surface area contributed by atoms with Gasteiger partial charge in [0.25, 0.3) is 5.91 Å². The predicted molar refractivity (Wildman–Crippen MR) is 90.8 cm³/mol. The van der Waals surface area contributed by atoms with E-state index >= 15 is 0 Å². The zero-order valence-electron chi connectivity index (χ0n) is 14.6. The van der Waals surface area contributed by atoms with E-state index in [1.165, 1.54) is 0 Å². The van der Waals surface area contributed by atoms with Crippen LogP contribution in [0.4, 0.5) is 5.69 Å². The summed E-state index contributed by atoms with van der Waals surface area (Å²) in [5, 5.41) is 2.94. The maximum absolute atomic E-state index is 12.6. The average Bonchev–Trinajstić information content (AvgIpc) is 3.35. The molecule has 2 rings (SSSR count). The van der Waals surface area contributed by atoms with E-state index in [-0.39, 0.29) is 5.91 Å². The van der Waals surface area contributed by atoms with Crippen LogP contribution in [0, 0.1) is 12.8 Å². The molecule has 0 saturated heterocycles. The molecule has 1 N–H and O–H groups in total. The lowest BCUT2D eigenvalue weighted by Crippen LogP contribution is -2.44. The van der Waals surface area contributed by atoms with Crippen molar-refractivity contribution >= 4 is 11.6 Å². The number of unbranched alkanes of at least 4 members (excludes halogenated alkanes) is 1. The highest BCUT2D eigenvalue weighted by atomic mass is 16.5. The Labute approximate surface area is 138 Å². The van der Waals surface area contributed by atoms with Crippen molar-refractivity contribution in [3.05, 3.63) is 17.8 Å².